The lowest BCUT2D eigenvalue weighted by Crippen LogP contribution is -2.36. The molecular weight excluding hydrogens is 212 g/mol. The maximum atomic E-state index is 11.9. The Morgan fingerprint density at radius 3 is 2.69 bits per heavy atom. The second-order valence-corrected chi connectivity index (χ2v) is 3.66. The van der Waals surface area contributed by atoms with E-state index in [9.17, 15) is 9.59 Å². The predicted molar refractivity (Wildman–Crippen MR) is 55.0 cm³/mol. The Hall–Kier alpha value is -1.85. The molecule has 1 N–H and O–H groups in total. The molecule has 1 atom stereocenters. The zero-order valence-electron chi connectivity index (χ0n) is 9.43. The molecule has 0 radical (unpaired) electrons. The monoisotopic (exact) mass is 226 g/mol. The van der Waals surface area contributed by atoms with Gasteiger partial charge in [0.15, 0.2) is 0 Å². The number of carbonyl (C=O) groups is 2. The smallest absolute Gasteiger partial charge is 0.305 e. The molecule has 0 saturated heterocycles. The standard InChI is InChI=1S/C10H14N2O4/c1-6(4-9(13)14)12(3)10(15)8-5-11-16-7(8)2/h5-6H,4H2,1-3H3,(H,13,14). The highest BCUT2D eigenvalue weighted by Gasteiger charge is 2.22. The average molecular weight is 226 g/mol. The first-order valence-electron chi connectivity index (χ1n) is 4.83. The number of hydrogen-bond donors (Lipinski definition) is 1. The molecule has 0 bridgehead atoms. The van der Waals surface area contributed by atoms with Gasteiger partial charge >= 0.3 is 5.97 Å². The first kappa shape index (κ1) is 12.2. The topological polar surface area (TPSA) is 83.6 Å². The molecule has 0 aliphatic carbocycles. The van der Waals surface area contributed by atoms with Crippen molar-refractivity contribution in [3.05, 3.63) is 17.5 Å². The Balaban J connectivity index is 2.75. The third-order valence-electron chi connectivity index (χ3n) is 2.43. The van der Waals surface area contributed by atoms with Crippen LogP contribution in [-0.2, 0) is 4.79 Å². The molecule has 0 fully saturated rings. The Kier molecular flexibility index (Phi) is 3.65. The number of carboxylic acid groups (broad SMARTS) is 1. The summed E-state index contributed by atoms with van der Waals surface area (Å²) in [5, 5.41) is 12.1. The summed E-state index contributed by atoms with van der Waals surface area (Å²) < 4.78 is 4.78. The summed E-state index contributed by atoms with van der Waals surface area (Å²) >= 11 is 0. The quantitative estimate of drug-likeness (QED) is 0.825. The Labute approximate surface area is 92.8 Å². The molecular formula is C10H14N2O4. The summed E-state index contributed by atoms with van der Waals surface area (Å²) in [7, 11) is 1.56. The lowest BCUT2D eigenvalue weighted by Gasteiger charge is -2.23. The van der Waals surface area contributed by atoms with Crippen molar-refractivity contribution in [2.24, 2.45) is 0 Å². The molecule has 88 valence electrons. The van der Waals surface area contributed by atoms with Crippen LogP contribution < -0.4 is 0 Å². The lowest BCUT2D eigenvalue weighted by atomic mass is 10.1. The van der Waals surface area contributed by atoms with E-state index in [-0.39, 0.29) is 18.4 Å². The molecule has 0 spiro atoms. The van der Waals surface area contributed by atoms with Crippen LogP contribution in [0.3, 0.4) is 0 Å². The van der Waals surface area contributed by atoms with Gasteiger partial charge in [0.1, 0.15) is 11.3 Å². The number of carbonyl (C=O) groups excluding carboxylic acids is 1. The summed E-state index contributed by atoms with van der Waals surface area (Å²) in [5.41, 5.74) is 0.361. The molecule has 1 heterocycles. The molecule has 16 heavy (non-hydrogen) atoms. The maximum Gasteiger partial charge on any atom is 0.305 e. The molecule has 0 saturated carbocycles. The predicted octanol–water partition coefficient (Wildman–Crippen LogP) is 0.918. The molecule has 0 aromatic carbocycles. The third-order valence-corrected chi connectivity index (χ3v) is 2.43. The first-order chi connectivity index (χ1) is 7.43. The number of amides is 1. The fraction of sp³-hybridized carbons (Fsp3) is 0.500. The zero-order valence-corrected chi connectivity index (χ0v) is 9.43. The van der Waals surface area contributed by atoms with Crippen molar-refractivity contribution >= 4 is 11.9 Å². The molecule has 6 heteroatoms. The number of aryl methyl sites for hydroxylation is 1. The summed E-state index contributed by atoms with van der Waals surface area (Å²) in [5.74, 6) is -0.791. The zero-order chi connectivity index (χ0) is 12.3. The summed E-state index contributed by atoms with van der Waals surface area (Å²) in [6.45, 7) is 3.31. The largest absolute Gasteiger partial charge is 0.481 e. The van der Waals surface area contributed by atoms with Gasteiger partial charge in [0.05, 0.1) is 12.6 Å². The number of rotatable bonds is 4. The van der Waals surface area contributed by atoms with E-state index in [4.69, 9.17) is 9.63 Å². The van der Waals surface area contributed by atoms with Crippen LogP contribution in [-0.4, -0.2) is 40.1 Å². The maximum absolute atomic E-state index is 11.9. The van der Waals surface area contributed by atoms with E-state index >= 15 is 0 Å². The Morgan fingerprint density at radius 2 is 2.25 bits per heavy atom. The minimum atomic E-state index is -0.936. The molecule has 0 aliphatic heterocycles. The highest BCUT2D eigenvalue weighted by Crippen LogP contribution is 2.12. The van der Waals surface area contributed by atoms with E-state index in [1.807, 2.05) is 0 Å². The number of nitrogens with zero attached hydrogens (tertiary/aromatic N) is 2. The van der Waals surface area contributed by atoms with Crippen LogP contribution in [0.1, 0.15) is 29.5 Å². The van der Waals surface area contributed by atoms with Crippen molar-refractivity contribution in [2.75, 3.05) is 7.05 Å². The van der Waals surface area contributed by atoms with Crippen molar-refractivity contribution < 1.29 is 19.2 Å². The van der Waals surface area contributed by atoms with Crippen LogP contribution in [0, 0.1) is 6.92 Å². The van der Waals surface area contributed by atoms with Crippen molar-refractivity contribution in [1.29, 1.82) is 0 Å². The van der Waals surface area contributed by atoms with E-state index < -0.39 is 5.97 Å². The SMILES string of the molecule is Cc1oncc1C(=O)N(C)C(C)CC(=O)O. The van der Waals surface area contributed by atoms with Crippen molar-refractivity contribution in [2.45, 2.75) is 26.3 Å². The minimum Gasteiger partial charge on any atom is -0.481 e. The van der Waals surface area contributed by atoms with Crippen LogP contribution >= 0.6 is 0 Å². The van der Waals surface area contributed by atoms with Crippen LogP contribution in [0.2, 0.25) is 0 Å². The molecule has 1 amide bonds. The number of aromatic nitrogens is 1. The molecule has 1 aromatic rings. The average Bonchev–Trinajstić information content (AvgIpc) is 2.61. The number of hydrogen-bond acceptors (Lipinski definition) is 4. The first-order valence-corrected chi connectivity index (χ1v) is 4.83. The van der Waals surface area contributed by atoms with Gasteiger partial charge in [-0.15, -0.1) is 0 Å². The summed E-state index contributed by atoms with van der Waals surface area (Å²) in [6, 6.07) is -0.376. The van der Waals surface area contributed by atoms with E-state index in [0.717, 1.165) is 0 Å². The Morgan fingerprint density at radius 1 is 1.62 bits per heavy atom. The second-order valence-electron chi connectivity index (χ2n) is 3.66. The highest BCUT2D eigenvalue weighted by molar-refractivity contribution is 5.95. The molecule has 6 nitrogen and oxygen atoms in total. The van der Waals surface area contributed by atoms with Gasteiger partial charge < -0.3 is 14.5 Å². The van der Waals surface area contributed by atoms with Gasteiger partial charge in [0.2, 0.25) is 0 Å². The van der Waals surface area contributed by atoms with Gasteiger partial charge in [-0.1, -0.05) is 5.16 Å². The highest BCUT2D eigenvalue weighted by atomic mass is 16.5. The third kappa shape index (κ3) is 2.59. The van der Waals surface area contributed by atoms with Crippen LogP contribution in [0.4, 0.5) is 0 Å². The van der Waals surface area contributed by atoms with Gasteiger partial charge in [-0.2, -0.15) is 0 Å². The Bertz CT molecular complexity index is 399. The number of carboxylic acids is 1. The molecule has 1 unspecified atom stereocenters. The summed E-state index contributed by atoms with van der Waals surface area (Å²) in [6.07, 6.45) is 1.24. The van der Waals surface area contributed by atoms with Crippen molar-refractivity contribution in [3.8, 4) is 0 Å². The normalized spacial score (nSPS) is 12.2. The van der Waals surface area contributed by atoms with Crippen LogP contribution in [0.25, 0.3) is 0 Å². The van der Waals surface area contributed by atoms with E-state index in [2.05, 4.69) is 5.16 Å². The second kappa shape index (κ2) is 4.78. The molecule has 0 aliphatic rings. The fourth-order valence-electron chi connectivity index (χ4n) is 1.28. The molecule has 1 aromatic heterocycles. The van der Waals surface area contributed by atoms with Crippen LogP contribution in [0.15, 0.2) is 10.7 Å². The lowest BCUT2D eigenvalue weighted by molar-refractivity contribution is -0.137. The van der Waals surface area contributed by atoms with Gasteiger partial charge in [-0.3, -0.25) is 9.59 Å². The van der Waals surface area contributed by atoms with Gasteiger partial charge in [-0.25, -0.2) is 0 Å². The van der Waals surface area contributed by atoms with E-state index in [1.54, 1.807) is 20.9 Å². The van der Waals surface area contributed by atoms with Gasteiger partial charge in [0.25, 0.3) is 5.91 Å². The van der Waals surface area contributed by atoms with E-state index in [0.29, 0.717) is 11.3 Å². The van der Waals surface area contributed by atoms with E-state index in [1.165, 1.54) is 11.1 Å². The van der Waals surface area contributed by atoms with Crippen molar-refractivity contribution in [1.82, 2.24) is 10.1 Å². The van der Waals surface area contributed by atoms with Gasteiger partial charge in [0, 0.05) is 13.1 Å². The fourth-order valence-corrected chi connectivity index (χ4v) is 1.28. The summed E-state index contributed by atoms with van der Waals surface area (Å²) in [4.78, 5) is 23.8. The van der Waals surface area contributed by atoms with Gasteiger partial charge in [-0.05, 0) is 13.8 Å². The van der Waals surface area contributed by atoms with Crippen LogP contribution in [0.5, 0.6) is 0 Å². The minimum absolute atomic E-state index is 0.0907. The molecule has 1 rings (SSSR count). The van der Waals surface area contributed by atoms with Crippen molar-refractivity contribution in [3.63, 3.8) is 0 Å². The number of aliphatic carboxylic acids is 1.